The van der Waals surface area contributed by atoms with Crippen LogP contribution in [-0.4, -0.2) is 23.2 Å². The minimum Gasteiger partial charge on any atom is -0.393 e. The van der Waals surface area contributed by atoms with Gasteiger partial charge in [0.2, 0.25) is 0 Å². The van der Waals surface area contributed by atoms with E-state index in [1.165, 1.54) is 0 Å². The van der Waals surface area contributed by atoms with Crippen molar-refractivity contribution in [3.05, 3.63) is 0 Å². The zero-order valence-electron chi connectivity index (χ0n) is 12.9. The zero-order chi connectivity index (χ0) is 14.8. The SMILES string of the molecule is C[C@]12C[C@H](F)[C@H]3[C@@H](CCC4CC(=O)CC[C@@H]43)[C@@H]1CC[C@@H]2O. The highest BCUT2D eigenvalue weighted by molar-refractivity contribution is 5.79. The van der Waals surface area contributed by atoms with Gasteiger partial charge in [-0.1, -0.05) is 6.92 Å². The Labute approximate surface area is 126 Å². The summed E-state index contributed by atoms with van der Waals surface area (Å²) < 4.78 is 15.0. The van der Waals surface area contributed by atoms with Crippen LogP contribution in [0, 0.1) is 35.0 Å². The molecule has 3 heteroatoms. The number of aliphatic hydroxyl groups excluding tert-OH is 1. The minimum absolute atomic E-state index is 0.167. The van der Waals surface area contributed by atoms with Crippen LogP contribution in [-0.2, 0) is 4.79 Å². The largest absolute Gasteiger partial charge is 0.393 e. The second kappa shape index (κ2) is 4.78. The maximum Gasteiger partial charge on any atom is 0.133 e. The fourth-order valence-corrected chi connectivity index (χ4v) is 6.65. The molecule has 8 atom stereocenters. The average Bonchev–Trinajstić information content (AvgIpc) is 2.74. The van der Waals surface area contributed by atoms with Crippen LogP contribution in [0.2, 0.25) is 0 Å². The highest BCUT2D eigenvalue weighted by Gasteiger charge is 2.60. The van der Waals surface area contributed by atoms with Crippen LogP contribution in [0.1, 0.15) is 58.3 Å². The van der Waals surface area contributed by atoms with Gasteiger partial charge in [0, 0.05) is 12.8 Å². The van der Waals surface area contributed by atoms with E-state index in [2.05, 4.69) is 6.92 Å². The van der Waals surface area contributed by atoms with E-state index in [4.69, 9.17) is 0 Å². The summed E-state index contributed by atoms with van der Waals surface area (Å²) in [6.45, 7) is 2.12. The highest BCUT2D eigenvalue weighted by Crippen LogP contribution is 2.62. The number of hydrogen-bond acceptors (Lipinski definition) is 2. The summed E-state index contributed by atoms with van der Waals surface area (Å²) >= 11 is 0. The molecule has 0 amide bonds. The van der Waals surface area contributed by atoms with Crippen LogP contribution >= 0.6 is 0 Å². The number of hydrogen-bond donors (Lipinski definition) is 1. The van der Waals surface area contributed by atoms with Crippen molar-refractivity contribution in [2.45, 2.75) is 70.6 Å². The lowest BCUT2D eigenvalue weighted by Crippen LogP contribution is -2.54. The number of rotatable bonds is 0. The molecule has 0 bridgehead atoms. The van der Waals surface area contributed by atoms with Crippen LogP contribution in [0.4, 0.5) is 4.39 Å². The lowest BCUT2D eigenvalue weighted by atomic mass is 9.50. The van der Waals surface area contributed by atoms with Crippen molar-refractivity contribution in [2.24, 2.45) is 35.0 Å². The minimum atomic E-state index is -0.773. The molecule has 0 aromatic rings. The summed E-state index contributed by atoms with van der Waals surface area (Å²) in [5.41, 5.74) is -0.197. The van der Waals surface area contributed by atoms with Crippen molar-refractivity contribution in [3.63, 3.8) is 0 Å². The van der Waals surface area contributed by atoms with Gasteiger partial charge < -0.3 is 5.11 Å². The molecule has 2 nitrogen and oxygen atoms in total. The van der Waals surface area contributed by atoms with Gasteiger partial charge in [-0.25, -0.2) is 4.39 Å². The number of Topliss-reactive ketones (excluding diaryl/α,β-unsaturated/α-hetero) is 1. The molecule has 4 fully saturated rings. The molecular formula is C18H27FO2. The van der Waals surface area contributed by atoms with Crippen molar-refractivity contribution < 1.29 is 14.3 Å². The molecule has 1 unspecified atom stereocenters. The summed E-state index contributed by atoms with van der Waals surface area (Å²) in [5, 5.41) is 10.3. The topological polar surface area (TPSA) is 37.3 Å². The molecular weight excluding hydrogens is 267 g/mol. The van der Waals surface area contributed by atoms with Gasteiger partial charge in [0.25, 0.3) is 0 Å². The van der Waals surface area contributed by atoms with Crippen molar-refractivity contribution >= 4 is 5.78 Å². The Morgan fingerprint density at radius 1 is 1.14 bits per heavy atom. The van der Waals surface area contributed by atoms with Crippen molar-refractivity contribution in [2.75, 3.05) is 0 Å². The second-order valence-electron chi connectivity index (χ2n) is 8.45. The number of halogens is 1. The molecule has 4 aliphatic carbocycles. The molecule has 118 valence electrons. The fourth-order valence-electron chi connectivity index (χ4n) is 6.65. The van der Waals surface area contributed by atoms with Crippen molar-refractivity contribution in [3.8, 4) is 0 Å². The second-order valence-corrected chi connectivity index (χ2v) is 8.45. The van der Waals surface area contributed by atoms with Crippen LogP contribution in [0.15, 0.2) is 0 Å². The number of alkyl halides is 1. The third-order valence-corrected chi connectivity index (χ3v) is 7.64. The predicted octanol–water partition coefficient (Wildman–Crippen LogP) is 3.52. The Hall–Kier alpha value is -0.440. The van der Waals surface area contributed by atoms with Gasteiger partial charge >= 0.3 is 0 Å². The third-order valence-electron chi connectivity index (χ3n) is 7.64. The molecule has 0 aromatic carbocycles. The van der Waals surface area contributed by atoms with Crippen LogP contribution < -0.4 is 0 Å². The lowest BCUT2D eigenvalue weighted by Gasteiger charge is -2.56. The summed E-state index contributed by atoms with van der Waals surface area (Å²) in [4.78, 5) is 11.7. The molecule has 0 aromatic heterocycles. The molecule has 4 aliphatic rings. The summed E-state index contributed by atoms with van der Waals surface area (Å²) in [6, 6.07) is 0. The first-order valence-electron chi connectivity index (χ1n) is 8.84. The summed E-state index contributed by atoms with van der Waals surface area (Å²) in [6.07, 6.45) is 5.84. The van der Waals surface area contributed by atoms with Gasteiger partial charge in [-0.3, -0.25) is 4.79 Å². The smallest absolute Gasteiger partial charge is 0.133 e. The Bertz CT molecular complexity index is 450. The van der Waals surface area contributed by atoms with E-state index in [0.29, 0.717) is 48.7 Å². The molecule has 0 spiro atoms. The van der Waals surface area contributed by atoms with Crippen LogP contribution in [0.5, 0.6) is 0 Å². The van der Waals surface area contributed by atoms with Crippen LogP contribution in [0.3, 0.4) is 0 Å². The maximum absolute atomic E-state index is 15.0. The number of fused-ring (bicyclic) bond motifs is 5. The molecule has 4 rings (SSSR count). The first kappa shape index (κ1) is 14.2. The number of carbonyl (C=O) groups is 1. The first-order valence-corrected chi connectivity index (χ1v) is 8.84. The van der Waals surface area contributed by atoms with Crippen molar-refractivity contribution in [1.82, 2.24) is 0 Å². The van der Waals surface area contributed by atoms with E-state index in [9.17, 15) is 9.90 Å². The molecule has 21 heavy (non-hydrogen) atoms. The molecule has 0 aliphatic heterocycles. The Morgan fingerprint density at radius 3 is 2.76 bits per heavy atom. The molecule has 4 saturated carbocycles. The first-order chi connectivity index (χ1) is 10.0. The lowest BCUT2D eigenvalue weighted by molar-refractivity contribution is -0.136. The van der Waals surface area contributed by atoms with Gasteiger partial charge in [-0.05, 0) is 73.5 Å². The summed E-state index contributed by atoms with van der Waals surface area (Å²) in [7, 11) is 0. The van der Waals surface area contributed by atoms with Gasteiger partial charge in [0.15, 0.2) is 0 Å². The van der Waals surface area contributed by atoms with E-state index in [-0.39, 0.29) is 17.4 Å². The number of ketones is 1. The monoisotopic (exact) mass is 294 g/mol. The van der Waals surface area contributed by atoms with Gasteiger partial charge in [0.1, 0.15) is 12.0 Å². The summed E-state index contributed by atoms with van der Waals surface area (Å²) in [5.74, 6) is 2.39. The quantitative estimate of drug-likeness (QED) is 0.742. The van der Waals surface area contributed by atoms with Gasteiger partial charge in [-0.2, -0.15) is 0 Å². The fraction of sp³-hybridized carbons (Fsp3) is 0.944. The Morgan fingerprint density at radius 2 is 1.95 bits per heavy atom. The maximum atomic E-state index is 15.0. The molecule has 0 heterocycles. The van der Waals surface area contributed by atoms with Crippen molar-refractivity contribution in [1.29, 1.82) is 0 Å². The highest BCUT2D eigenvalue weighted by atomic mass is 19.1. The standard InChI is InChI=1S/C18H27FO2/c1-18-9-15(19)17-12-5-3-11(20)8-10(12)2-4-13(17)14(18)6-7-16(18)21/h10,12-17,21H,2-9H2,1H3/t10?,12-,13-,14-,15-,16-,17+,18-/m0/s1. The van der Waals surface area contributed by atoms with E-state index in [1.807, 2.05) is 0 Å². The number of carbonyl (C=O) groups excluding carboxylic acids is 1. The number of aliphatic hydroxyl groups is 1. The molecule has 1 N–H and O–H groups in total. The van der Waals surface area contributed by atoms with Crippen LogP contribution in [0.25, 0.3) is 0 Å². The average molecular weight is 294 g/mol. The van der Waals surface area contributed by atoms with Gasteiger partial charge in [-0.15, -0.1) is 0 Å². The predicted molar refractivity (Wildman–Crippen MR) is 78.4 cm³/mol. The van der Waals surface area contributed by atoms with E-state index in [1.54, 1.807) is 0 Å². The normalized spacial score (nSPS) is 56.5. The Balaban J connectivity index is 1.63. The molecule has 0 saturated heterocycles. The van der Waals surface area contributed by atoms with E-state index in [0.717, 1.165) is 32.1 Å². The molecule has 0 radical (unpaired) electrons. The third kappa shape index (κ3) is 1.95. The Kier molecular flexibility index (Phi) is 3.22. The zero-order valence-corrected chi connectivity index (χ0v) is 12.9. The van der Waals surface area contributed by atoms with E-state index < -0.39 is 6.17 Å². The van der Waals surface area contributed by atoms with Gasteiger partial charge in [0.05, 0.1) is 6.10 Å². The van der Waals surface area contributed by atoms with E-state index >= 15 is 4.39 Å².